The largest absolute Gasteiger partial charge is 0.441 e. The highest BCUT2D eigenvalue weighted by Gasteiger charge is 2.44. The summed E-state index contributed by atoms with van der Waals surface area (Å²) >= 11 is 0. The van der Waals surface area contributed by atoms with E-state index in [0.717, 1.165) is 55.4 Å². The van der Waals surface area contributed by atoms with Crippen LogP contribution in [0.15, 0.2) is 0 Å². The molecule has 0 radical (unpaired) electrons. The van der Waals surface area contributed by atoms with Crippen molar-refractivity contribution in [1.29, 1.82) is 0 Å². The van der Waals surface area contributed by atoms with E-state index in [1.807, 2.05) is 25.9 Å². The minimum absolute atomic E-state index is 0.201. The average molecular weight is 333 g/mol. The molecule has 3 heterocycles. The number of aromatic nitrogens is 2. The summed E-state index contributed by atoms with van der Waals surface area (Å²) in [6.45, 7) is 6.55. The van der Waals surface area contributed by atoms with E-state index in [2.05, 4.69) is 16.8 Å². The Bertz CT molecular complexity index is 648. The first-order valence-electron chi connectivity index (χ1n) is 8.53. The molecule has 7 heteroatoms. The van der Waals surface area contributed by atoms with Crippen molar-refractivity contribution in [1.82, 2.24) is 14.9 Å². The first-order valence-corrected chi connectivity index (χ1v) is 8.53. The zero-order valence-corrected chi connectivity index (χ0v) is 15.3. The molecule has 0 saturated carbocycles. The van der Waals surface area contributed by atoms with E-state index in [4.69, 9.17) is 9.72 Å². The summed E-state index contributed by atoms with van der Waals surface area (Å²) in [5.74, 6) is 1.74. The number of carbonyl (C=O) groups is 1. The van der Waals surface area contributed by atoms with Crippen molar-refractivity contribution < 1.29 is 9.53 Å². The van der Waals surface area contributed by atoms with E-state index in [1.54, 1.807) is 11.9 Å². The molecule has 1 spiro atoms. The molecule has 2 aliphatic rings. The Kier molecular flexibility index (Phi) is 4.27. The van der Waals surface area contributed by atoms with Gasteiger partial charge in [0.25, 0.3) is 0 Å². The summed E-state index contributed by atoms with van der Waals surface area (Å²) in [6.07, 6.45) is 2.53. The maximum atomic E-state index is 11.8. The molecule has 0 bridgehead atoms. The van der Waals surface area contributed by atoms with Gasteiger partial charge in [0.15, 0.2) is 0 Å². The number of hydrogen-bond donors (Lipinski definition) is 0. The van der Waals surface area contributed by atoms with Crippen molar-refractivity contribution in [2.24, 2.45) is 0 Å². The lowest BCUT2D eigenvalue weighted by molar-refractivity contribution is 0.0473. The monoisotopic (exact) mass is 333 g/mol. The van der Waals surface area contributed by atoms with Crippen molar-refractivity contribution in [2.75, 3.05) is 50.6 Å². The van der Waals surface area contributed by atoms with Crippen LogP contribution in [0.5, 0.6) is 0 Å². The Hall–Kier alpha value is -2.05. The molecule has 3 rings (SSSR count). The van der Waals surface area contributed by atoms with Gasteiger partial charge in [0.1, 0.15) is 11.4 Å². The highest BCUT2D eigenvalue weighted by atomic mass is 16.6. The van der Waals surface area contributed by atoms with Gasteiger partial charge in [-0.2, -0.15) is 4.98 Å². The van der Waals surface area contributed by atoms with Crippen LogP contribution in [-0.2, 0) is 4.74 Å². The number of anilines is 2. The van der Waals surface area contributed by atoms with E-state index < -0.39 is 0 Å². The van der Waals surface area contributed by atoms with Crippen molar-refractivity contribution in [2.45, 2.75) is 38.7 Å². The molecule has 7 nitrogen and oxygen atoms in total. The van der Waals surface area contributed by atoms with Crippen LogP contribution >= 0.6 is 0 Å². The number of nitrogens with zero attached hydrogens (tertiary/aromatic N) is 5. The Morgan fingerprint density at radius 3 is 2.54 bits per heavy atom. The molecule has 2 fully saturated rings. The van der Waals surface area contributed by atoms with E-state index in [9.17, 15) is 4.79 Å². The second kappa shape index (κ2) is 6.11. The van der Waals surface area contributed by atoms with Gasteiger partial charge < -0.3 is 19.4 Å². The summed E-state index contributed by atoms with van der Waals surface area (Å²) in [7, 11) is 5.72. The number of aryl methyl sites for hydroxylation is 1. The third kappa shape index (κ3) is 2.99. The normalized spacial score (nSPS) is 24.3. The van der Waals surface area contributed by atoms with Gasteiger partial charge in [0.2, 0.25) is 5.95 Å². The van der Waals surface area contributed by atoms with E-state index in [-0.39, 0.29) is 11.7 Å². The second-order valence-electron chi connectivity index (χ2n) is 7.20. The zero-order valence-electron chi connectivity index (χ0n) is 15.3. The highest BCUT2D eigenvalue weighted by Crippen LogP contribution is 2.34. The third-order valence-corrected chi connectivity index (χ3v) is 5.09. The molecule has 0 aliphatic carbocycles. The molecule has 1 atom stereocenters. The predicted octanol–water partition coefficient (Wildman–Crippen LogP) is 1.97. The number of amides is 1. The summed E-state index contributed by atoms with van der Waals surface area (Å²) in [4.78, 5) is 27.0. The molecular formula is C17H27N5O2. The molecule has 0 unspecified atom stereocenters. The van der Waals surface area contributed by atoms with E-state index >= 15 is 0 Å². The number of ether oxygens (including phenoxy) is 1. The summed E-state index contributed by atoms with van der Waals surface area (Å²) < 4.78 is 5.70. The molecule has 1 amide bonds. The fourth-order valence-corrected chi connectivity index (χ4v) is 3.54. The van der Waals surface area contributed by atoms with Gasteiger partial charge in [0.05, 0.1) is 6.54 Å². The van der Waals surface area contributed by atoms with Crippen molar-refractivity contribution in [3.8, 4) is 0 Å². The SMILES string of the molecule is Cc1nc(N(C)C)nc(N2CCC[C@]3(CC2)CN(C)C(=O)O3)c1C. The molecule has 2 aliphatic heterocycles. The first kappa shape index (κ1) is 16.8. The van der Waals surface area contributed by atoms with Gasteiger partial charge in [0, 0.05) is 51.9 Å². The number of rotatable bonds is 2. The van der Waals surface area contributed by atoms with Gasteiger partial charge in [-0.05, 0) is 26.7 Å². The van der Waals surface area contributed by atoms with Gasteiger partial charge in [-0.3, -0.25) is 0 Å². The van der Waals surface area contributed by atoms with Gasteiger partial charge >= 0.3 is 6.09 Å². The Balaban J connectivity index is 1.83. The van der Waals surface area contributed by atoms with E-state index in [0.29, 0.717) is 6.54 Å². The third-order valence-electron chi connectivity index (χ3n) is 5.09. The van der Waals surface area contributed by atoms with Crippen LogP contribution in [0, 0.1) is 13.8 Å². The minimum Gasteiger partial charge on any atom is -0.441 e. The fourth-order valence-electron chi connectivity index (χ4n) is 3.54. The summed E-state index contributed by atoms with van der Waals surface area (Å²) in [6, 6.07) is 0. The summed E-state index contributed by atoms with van der Waals surface area (Å²) in [5.41, 5.74) is 1.80. The smallest absolute Gasteiger partial charge is 0.410 e. The maximum absolute atomic E-state index is 11.8. The van der Waals surface area contributed by atoms with Crippen LogP contribution < -0.4 is 9.80 Å². The fraction of sp³-hybridized carbons (Fsp3) is 0.706. The van der Waals surface area contributed by atoms with Crippen LogP contribution in [-0.4, -0.2) is 67.3 Å². The Labute approximate surface area is 143 Å². The minimum atomic E-state index is -0.332. The van der Waals surface area contributed by atoms with Crippen molar-refractivity contribution in [3.63, 3.8) is 0 Å². The lowest BCUT2D eigenvalue weighted by atomic mass is 9.95. The molecule has 1 aromatic heterocycles. The van der Waals surface area contributed by atoms with Crippen molar-refractivity contribution in [3.05, 3.63) is 11.3 Å². The number of hydrogen-bond acceptors (Lipinski definition) is 6. The van der Waals surface area contributed by atoms with Gasteiger partial charge in [-0.1, -0.05) is 0 Å². The zero-order chi connectivity index (χ0) is 17.5. The van der Waals surface area contributed by atoms with Gasteiger partial charge in [-0.15, -0.1) is 0 Å². The molecule has 1 aromatic rings. The van der Waals surface area contributed by atoms with Crippen LogP contribution in [0.2, 0.25) is 0 Å². The molecule has 2 saturated heterocycles. The molecule has 0 aromatic carbocycles. The molecule has 0 N–H and O–H groups in total. The summed E-state index contributed by atoms with van der Waals surface area (Å²) in [5, 5.41) is 0. The second-order valence-corrected chi connectivity index (χ2v) is 7.20. The molecule has 24 heavy (non-hydrogen) atoms. The van der Waals surface area contributed by atoms with E-state index in [1.165, 1.54) is 0 Å². The standard InChI is InChI=1S/C17H27N5O2/c1-12-13(2)18-15(20(3)4)19-14(12)22-9-6-7-17(8-10-22)11-21(5)16(23)24-17/h6-11H2,1-5H3/t17-/m0/s1. The molecular weight excluding hydrogens is 306 g/mol. The van der Waals surface area contributed by atoms with Crippen molar-refractivity contribution >= 4 is 17.9 Å². The lowest BCUT2D eigenvalue weighted by Gasteiger charge is -2.27. The Morgan fingerprint density at radius 2 is 1.92 bits per heavy atom. The Morgan fingerprint density at radius 1 is 1.17 bits per heavy atom. The average Bonchev–Trinajstić information content (AvgIpc) is 2.69. The predicted molar refractivity (Wildman–Crippen MR) is 93.7 cm³/mol. The maximum Gasteiger partial charge on any atom is 0.410 e. The van der Waals surface area contributed by atoms with Crippen LogP contribution in [0.1, 0.15) is 30.5 Å². The molecule has 132 valence electrons. The lowest BCUT2D eigenvalue weighted by Crippen LogP contribution is -2.35. The van der Waals surface area contributed by atoms with Crippen LogP contribution in [0.25, 0.3) is 0 Å². The quantitative estimate of drug-likeness (QED) is 0.825. The van der Waals surface area contributed by atoms with Crippen LogP contribution in [0.3, 0.4) is 0 Å². The van der Waals surface area contributed by atoms with Gasteiger partial charge in [-0.25, -0.2) is 9.78 Å². The number of carbonyl (C=O) groups excluding carboxylic acids is 1. The highest BCUT2D eigenvalue weighted by molar-refractivity contribution is 5.70. The topological polar surface area (TPSA) is 61.8 Å². The first-order chi connectivity index (χ1) is 11.3. The van der Waals surface area contributed by atoms with Crippen LogP contribution in [0.4, 0.5) is 16.6 Å². The number of likely N-dealkylation sites (N-methyl/N-ethyl adjacent to an activating group) is 1.